The van der Waals surface area contributed by atoms with Gasteiger partial charge in [0.2, 0.25) is 0 Å². The zero-order valence-corrected chi connectivity index (χ0v) is 13.3. The first kappa shape index (κ1) is 14.3. The first-order valence-corrected chi connectivity index (χ1v) is 7.57. The average molecular weight is 279 g/mol. The van der Waals surface area contributed by atoms with E-state index in [2.05, 4.69) is 56.9 Å². The van der Waals surface area contributed by atoms with Gasteiger partial charge in [0.1, 0.15) is 0 Å². The monoisotopic (exact) mass is 279 g/mol. The fraction of sp³-hybridized carbons (Fsp3) is 0.389. The van der Waals surface area contributed by atoms with Gasteiger partial charge in [0.05, 0.1) is 5.60 Å². The van der Waals surface area contributed by atoms with Gasteiger partial charge in [-0.2, -0.15) is 0 Å². The maximum Gasteiger partial charge on any atom is 0.327 e. The molecule has 0 atom stereocenters. The van der Waals surface area contributed by atoms with Crippen LogP contribution in [0.3, 0.4) is 0 Å². The zero-order valence-electron chi connectivity index (χ0n) is 13.3. The van der Waals surface area contributed by atoms with Crippen molar-refractivity contribution in [3.05, 3.63) is 48.8 Å². The first-order valence-electron chi connectivity index (χ1n) is 7.57. The van der Waals surface area contributed by atoms with Crippen LogP contribution >= 0.6 is 0 Å². The number of hydrogen-bond acceptors (Lipinski definition) is 2. The number of pyridine rings is 1. The lowest BCUT2D eigenvalue weighted by molar-refractivity contribution is 0.0375. The molecule has 1 aromatic heterocycles. The van der Waals surface area contributed by atoms with Gasteiger partial charge in [-0.1, -0.05) is 38.1 Å². The normalized spacial score (nSPS) is 19.7. The summed E-state index contributed by atoms with van der Waals surface area (Å²) in [7, 11) is 0. The maximum absolute atomic E-state index is 6.29. The van der Waals surface area contributed by atoms with Crippen LogP contribution in [-0.4, -0.2) is 17.5 Å². The number of rotatable bonds is 2. The third-order valence-corrected chi connectivity index (χ3v) is 5.06. The van der Waals surface area contributed by atoms with Crippen LogP contribution < -0.4 is 5.46 Å². The van der Waals surface area contributed by atoms with Crippen LogP contribution in [0.2, 0.25) is 6.32 Å². The van der Waals surface area contributed by atoms with Crippen molar-refractivity contribution in [2.45, 2.75) is 39.6 Å². The summed E-state index contributed by atoms with van der Waals surface area (Å²) in [5, 5.41) is 0. The molecule has 3 rings (SSSR count). The molecule has 0 saturated carbocycles. The summed E-state index contributed by atoms with van der Waals surface area (Å²) in [5.41, 5.74) is 3.80. The quantitative estimate of drug-likeness (QED) is 0.780. The molecule has 2 aromatic rings. The van der Waals surface area contributed by atoms with Gasteiger partial charge in [0.15, 0.2) is 0 Å². The lowest BCUT2D eigenvalue weighted by atomic mass is 9.54. The Hall–Kier alpha value is -1.61. The van der Waals surface area contributed by atoms with Gasteiger partial charge in [-0.25, -0.2) is 0 Å². The minimum absolute atomic E-state index is 0.0819. The Morgan fingerprint density at radius 2 is 1.48 bits per heavy atom. The van der Waals surface area contributed by atoms with E-state index in [1.165, 1.54) is 16.6 Å². The lowest BCUT2D eigenvalue weighted by Crippen LogP contribution is -2.36. The van der Waals surface area contributed by atoms with E-state index in [0.29, 0.717) is 0 Å². The molecule has 1 aromatic carbocycles. The number of benzene rings is 1. The Morgan fingerprint density at radius 1 is 0.905 bits per heavy atom. The molecule has 2 heterocycles. The van der Waals surface area contributed by atoms with Crippen molar-refractivity contribution in [1.29, 1.82) is 0 Å². The molecule has 0 spiro atoms. The summed E-state index contributed by atoms with van der Waals surface area (Å²) in [5.74, 6) is 0. The summed E-state index contributed by atoms with van der Waals surface area (Å²) < 4.78 is 6.29. The van der Waals surface area contributed by atoms with E-state index in [1.54, 1.807) is 0 Å². The van der Waals surface area contributed by atoms with E-state index in [9.17, 15) is 0 Å². The van der Waals surface area contributed by atoms with E-state index in [-0.39, 0.29) is 17.9 Å². The molecule has 1 saturated heterocycles. The Bertz CT molecular complexity index is 603. The maximum atomic E-state index is 6.29. The molecule has 0 unspecified atom stereocenters. The summed E-state index contributed by atoms with van der Waals surface area (Å²) in [6.07, 6.45) is 4.72. The van der Waals surface area contributed by atoms with E-state index in [0.717, 1.165) is 6.32 Å². The highest BCUT2D eigenvalue weighted by atomic mass is 16.5. The number of nitrogens with zero attached hydrogens (tertiary/aromatic N) is 1. The second kappa shape index (κ2) is 4.99. The van der Waals surface area contributed by atoms with E-state index in [1.807, 2.05) is 24.5 Å². The predicted molar refractivity (Wildman–Crippen MR) is 88.8 cm³/mol. The molecule has 21 heavy (non-hydrogen) atoms. The lowest BCUT2D eigenvalue weighted by Gasteiger charge is -2.34. The first-order chi connectivity index (χ1) is 9.89. The van der Waals surface area contributed by atoms with Crippen molar-refractivity contribution in [1.82, 2.24) is 4.98 Å². The third-order valence-electron chi connectivity index (χ3n) is 5.06. The predicted octanol–water partition coefficient (Wildman–Crippen LogP) is 3.78. The molecule has 1 aliphatic heterocycles. The van der Waals surface area contributed by atoms with Crippen LogP contribution in [0.4, 0.5) is 0 Å². The van der Waals surface area contributed by atoms with Crippen molar-refractivity contribution in [2.24, 2.45) is 5.41 Å². The molecular formula is C18H22BNO. The molecule has 0 radical (unpaired) electrons. The Morgan fingerprint density at radius 3 is 2.00 bits per heavy atom. The minimum Gasteiger partial charge on any atom is -0.426 e. The van der Waals surface area contributed by atoms with Crippen molar-refractivity contribution in [3.63, 3.8) is 0 Å². The van der Waals surface area contributed by atoms with Crippen molar-refractivity contribution < 1.29 is 4.65 Å². The van der Waals surface area contributed by atoms with E-state index < -0.39 is 0 Å². The highest BCUT2D eigenvalue weighted by molar-refractivity contribution is 6.68. The second-order valence-corrected chi connectivity index (χ2v) is 7.06. The highest BCUT2D eigenvalue weighted by Gasteiger charge is 2.49. The summed E-state index contributed by atoms with van der Waals surface area (Å²) >= 11 is 0. The Labute approximate surface area is 127 Å². The molecule has 108 valence electrons. The summed E-state index contributed by atoms with van der Waals surface area (Å²) in [6.45, 7) is 9.16. The molecule has 2 nitrogen and oxygen atoms in total. The Balaban J connectivity index is 1.83. The van der Waals surface area contributed by atoms with Crippen molar-refractivity contribution in [3.8, 4) is 11.1 Å². The summed E-state index contributed by atoms with van der Waals surface area (Å²) in [6, 6.07) is 12.8. The topological polar surface area (TPSA) is 22.1 Å². The van der Waals surface area contributed by atoms with Gasteiger partial charge in [-0.3, -0.25) is 4.98 Å². The SMILES string of the molecule is CC1(C)CB(c2ccc(-c3ccncc3)cc2)OC1(C)C. The van der Waals surface area contributed by atoms with Crippen molar-refractivity contribution in [2.75, 3.05) is 0 Å². The molecule has 0 N–H and O–H groups in total. The smallest absolute Gasteiger partial charge is 0.327 e. The van der Waals surface area contributed by atoms with Gasteiger partial charge < -0.3 is 4.65 Å². The largest absolute Gasteiger partial charge is 0.426 e. The minimum atomic E-state index is -0.0819. The number of hydrogen-bond donors (Lipinski definition) is 0. The molecule has 3 heteroatoms. The highest BCUT2D eigenvalue weighted by Crippen LogP contribution is 2.45. The van der Waals surface area contributed by atoms with Crippen molar-refractivity contribution >= 4 is 12.4 Å². The molecule has 0 bridgehead atoms. The second-order valence-electron chi connectivity index (χ2n) is 7.06. The molecule has 1 aliphatic rings. The molecule has 0 amide bonds. The third kappa shape index (κ3) is 2.63. The van der Waals surface area contributed by atoms with Gasteiger partial charge in [0, 0.05) is 12.4 Å². The van der Waals surface area contributed by atoms with Crippen LogP contribution in [0.25, 0.3) is 11.1 Å². The number of aromatic nitrogens is 1. The average Bonchev–Trinajstić information content (AvgIpc) is 2.69. The van der Waals surface area contributed by atoms with Crippen LogP contribution in [0.15, 0.2) is 48.8 Å². The van der Waals surface area contributed by atoms with Gasteiger partial charge >= 0.3 is 6.92 Å². The molecular weight excluding hydrogens is 257 g/mol. The van der Waals surface area contributed by atoms with Crippen LogP contribution in [0.5, 0.6) is 0 Å². The standard InChI is InChI=1S/C18H22BNO/c1-17(2)13-19(21-18(17,3)4)16-7-5-14(6-8-16)15-9-11-20-12-10-15/h5-12H,13H2,1-4H3. The Kier molecular flexibility index (Phi) is 3.41. The van der Waals surface area contributed by atoms with E-state index >= 15 is 0 Å². The molecule has 0 aliphatic carbocycles. The fourth-order valence-electron chi connectivity index (χ4n) is 2.89. The van der Waals surface area contributed by atoms with Gasteiger partial charge in [-0.15, -0.1) is 0 Å². The van der Waals surface area contributed by atoms with Crippen LogP contribution in [0.1, 0.15) is 27.7 Å². The van der Waals surface area contributed by atoms with Gasteiger partial charge in [-0.05, 0) is 54.3 Å². The zero-order chi connectivity index (χ0) is 15.1. The van der Waals surface area contributed by atoms with Crippen LogP contribution in [0, 0.1) is 5.41 Å². The van der Waals surface area contributed by atoms with Gasteiger partial charge in [0.25, 0.3) is 0 Å². The van der Waals surface area contributed by atoms with Crippen LogP contribution in [-0.2, 0) is 4.65 Å². The van der Waals surface area contributed by atoms with E-state index in [4.69, 9.17) is 4.65 Å². The molecule has 1 fully saturated rings. The summed E-state index contributed by atoms with van der Waals surface area (Å²) in [4.78, 5) is 4.06. The fourth-order valence-corrected chi connectivity index (χ4v) is 2.89.